The highest BCUT2D eigenvalue weighted by atomic mass is 16.5. The molecule has 3 rings (SSSR count). The lowest BCUT2D eigenvalue weighted by molar-refractivity contribution is 0.251. The average Bonchev–Trinajstić information content (AvgIpc) is 2.53. The van der Waals surface area contributed by atoms with E-state index in [0.717, 1.165) is 31.1 Å². The van der Waals surface area contributed by atoms with Crippen LogP contribution in [0.1, 0.15) is 29.2 Å². The summed E-state index contributed by atoms with van der Waals surface area (Å²) in [6, 6.07) is 8.30. The van der Waals surface area contributed by atoms with Crippen LogP contribution in [-0.4, -0.2) is 18.7 Å². The number of aryl methyl sites for hydroxylation is 1. The molecule has 0 bridgehead atoms. The topological polar surface area (TPSA) is 43.4 Å². The van der Waals surface area contributed by atoms with Crippen LogP contribution < -0.4 is 14.8 Å². The van der Waals surface area contributed by atoms with Crippen LogP contribution in [0.15, 0.2) is 36.7 Å². The first-order valence-corrected chi connectivity index (χ1v) is 7.21. The lowest BCUT2D eigenvalue weighted by Gasteiger charge is -2.27. The van der Waals surface area contributed by atoms with E-state index in [1.165, 1.54) is 16.7 Å². The number of fused-ring (bicyclic) bond motifs is 1. The van der Waals surface area contributed by atoms with Crippen molar-refractivity contribution in [1.29, 1.82) is 0 Å². The zero-order chi connectivity index (χ0) is 14.7. The minimum Gasteiger partial charge on any atom is -0.497 e. The number of nitrogens with one attached hydrogen (secondary N) is 1. The molecule has 1 aromatic heterocycles. The van der Waals surface area contributed by atoms with Crippen LogP contribution in [0.4, 0.5) is 0 Å². The second kappa shape index (κ2) is 6.14. The number of hydrogen-bond donors (Lipinski definition) is 1. The number of ether oxygens (including phenoxy) is 2. The molecule has 1 unspecified atom stereocenters. The van der Waals surface area contributed by atoms with E-state index >= 15 is 0 Å². The van der Waals surface area contributed by atoms with E-state index < -0.39 is 0 Å². The van der Waals surface area contributed by atoms with Gasteiger partial charge in [-0.2, -0.15) is 0 Å². The van der Waals surface area contributed by atoms with Crippen molar-refractivity contribution in [3.8, 4) is 11.5 Å². The molecule has 1 aromatic carbocycles. The van der Waals surface area contributed by atoms with Crippen molar-refractivity contribution < 1.29 is 9.47 Å². The van der Waals surface area contributed by atoms with Crippen molar-refractivity contribution in [3.05, 3.63) is 53.3 Å². The quantitative estimate of drug-likeness (QED) is 0.937. The van der Waals surface area contributed by atoms with Gasteiger partial charge in [-0.25, -0.2) is 0 Å². The molecule has 0 saturated carbocycles. The van der Waals surface area contributed by atoms with E-state index in [-0.39, 0.29) is 6.04 Å². The predicted molar refractivity (Wildman–Crippen MR) is 81.7 cm³/mol. The van der Waals surface area contributed by atoms with Gasteiger partial charge < -0.3 is 14.8 Å². The van der Waals surface area contributed by atoms with Crippen molar-refractivity contribution in [3.63, 3.8) is 0 Å². The Kier molecular flexibility index (Phi) is 4.06. The number of aromatic nitrogens is 1. The van der Waals surface area contributed by atoms with Gasteiger partial charge in [0.25, 0.3) is 0 Å². The summed E-state index contributed by atoms with van der Waals surface area (Å²) in [5.74, 6) is 1.81. The molecule has 0 saturated heterocycles. The molecule has 0 fully saturated rings. The van der Waals surface area contributed by atoms with Crippen LogP contribution in [-0.2, 0) is 6.54 Å². The number of pyridine rings is 1. The van der Waals surface area contributed by atoms with Crippen molar-refractivity contribution in [2.75, 3.05) is 13.7 Å². The van der Waals surface area contributed by atoms with Gasteiger partial charge in [0.2, 0.25) is 0 Å². The molecule has 0 radical (unpaired) electrons. The number of hydrogen-bond acceptors (Lipinski definition) is 4. The first kappa shape index (κ1) is 13.9. The van der Waals surface area contributed by atoms with E-state index in [1.807, 2.05) is 30.6 Å². The van der Waals surface area contributed by atoms with Gasteiger partial charge in [-0.15, -0.1) is 0 Å². The average molecular weight is 284 g/mol. The lowest BCUT2D eigenvalue weighted by Crippen LogP contribution is -2.27. The monoisotopic (exact) mass is 284 g/mol. The molecule has 0 aliphatic carbocycles. The Morgan fingerprint density at radius 3 is 3.10 bits per heavy atom. The fraction of sp³-hybridized carbons (Fsp3) is 0.353. The lowest BCUT2D eigenvalue weighted by atomic mass is 9.99. The molecule has 21 heavy (non-hydrogen) atoms. The predicted octanol–water partition coefficient (Wildman–Crippen LogP) is 3.01. The molecule has 0 amide bonds. The molecular formula is C17H20N2O2. The highest BCUT2D eigenvalue weighted by molar-refractivity contribution is 5.43. The van der Waals surface area contributed by atoms with Crippen LogP contribution in [0.3, 0.4) is 0 Å². The first-order valence-electron chi connectivity index (χ1n) is 7.21. The van der Waals surface area contributed by atoms with Gasteiger partial charge in [0.15, 0.2) is 0 Å². The number of nitrogens with zero attached hydrogens (tertiary/aromatic N) is 1. The van der Waals surface area contributed by atoms with Crippen molar-refractivity contribution in [1.82, 2.24) is 10.3 Å². The van der Waals surface area contributed by atoms with Crippen LogP contribution >= 0.6 is 0 Å². The summed E-state index contributed by atoms with van der Waals surface area (Å²) in [6.07, 6.45) is 4.71. The molecule has 2 heterocycles. The first-order chi connectivity index (χ1) is 10.3. The van der Waals surface area contributed by atoms with Crippen LogP contribution in [0.2, 0.25) is 0 Å². The maximum Gasteiger partial charge on any atom is 0.124 e. The minimum absolute atomic E-state index is 0.281. The third-order valence-corrected chi connectivity index (χ3v) is 3.94. The Morgan fingerprint density at radius 1 is 1.38 bits per heavy atom. The van der Waals surface area contributed by atoms with Gasteiger partial charge in [-0.1, -0.05) is 0 Å². The molecule has 110 valence electrons. The van der Waals surface area contributed by atoms with E-state index in [0.29, 0.717) is 0 Å². The summed E-state index contributed by atoms with van der Waals surface area (Å²) in [5, 5.41) is 3.61. The van der Waals surface area contributed by atoms with Gasteiger partial charge in [0.1, 0.15) is 11.5 Å². The fourth-order valence-electron chi connectivity index (χ4n) is 2.63. The molecule has 4 nitrogen and oxygen atoms in total. The summed E-state index contributed by atoms with van der Waals surface area (Å²) in [7, 11) is 1.69. The molecule has 4 heteroatoms. The zero-order valence-corrected chi connectivity index (χ0v) is 12.4. The summed E-state index contributed by atoms with van der Waals surface area (Å²) >= 11 is 0. The Labute approximate surface area is 125 Å². The molecule has 1 aliphatic heterocycles. The van der Waals surface area contributed by atoms with Gasteiger partial charge in [-0.3, -0.25) is 4.98 Å². The number of methoxy groups -OCH3 is 1. The van der Waals surface area contributed by atoms with Crippen LogP contribution in [0, 0.1) is 6.92 Å². The van der Waals surface area contributed by atoms with E-state index in [1.54, 1.807) is 7.11 Å². The summed E-state index contributed by atoms with van der Waals surface area (Å²) in [4.78, 5) is 4.20. The van der Waals surface area contributed by atoms with Gasteiger partial charge in [0.05, 0.1) is 13.7 Å². The summed E-state index contributed by atoms with van der Waals surface area (Å²) in [5.41, 5.74) is 3.66. The molecule has 2 aromatic rings. The van der Waals surface area contributed by atoms with Gasteiger partial charge >= 0.3 is 0 Å². The van der Waals surface area contributed by atoms with Gasteiger partial charge in [0, 0.05) is 37.0 Å². The Hall–Kier alpha value is -2.07. The summed E-state index contributed by atoms with van der Waals surface area (Å²) < 4.78 is 11.0. The molecular weight excluding hydrogens is 264 g/mol. The highest BCUT2D eigenvalue weighted by Gasteiger charge is 2.21. The highest BCUT2D eigenvalue weighted by Crippen LogP contribution is 2.34. The smallest absolute Gasteiger partial charge is 0.124 e. The normalized spacial score (nSPS) is 17.0. The Morgan fingerprint density at radius 2 is 2.29 bits per heavy atom. The summed E-state index contributed by atoms with van der Waals surface area (Å²) in [6.45, 7) is 3.66. The molecule has 1 atom stereocenters. The van der Waals surface area contributed by atoms with Crippen molar-refractivity contribution in [2.24, 2.45) is 0 Å². The SMILES string of the molecule is COc1ccc2c(c1)C(NCc1cnccc1C)CCO2. The largest absolute Gasteiger partial charge is 0.497 e. The molecule has 0 spiro atoms. The van der Waals surface area contributed by atoms with E-state index in [2.05, 4.69) is 23.3 Å². The van der Waals surface area contributed by atoms with Crippen molar-refractivity contribution in [2.45, 2.75) is 25.9 Å². The molecule has 1 N–H and O–H groups in total. The molecule has 1 aliphatic rings. The third-order valence-electron chi connectivity index (χ3n) is 3.94. The number of benzene rings is 1. The van der Waals surface area contributed by atoms with Gasteiger partial charge in [-0.05, 0) is 42.3 Å². The van der Waals surface area contributed by atoms with Crippen molar-refractivity contribution >= 4 is 0 Å². The third kappa shape index (κ3) is 3.00. The van der Waals surface area contributed by atoms with E-state index in [9.17, 15) is 0 Å². The maximum atomic E-state index is 5.72. The standard InChI is InChI=1S/C17H20N2O2/c1-12-5-7-18-10-13(12)11-19-16-6-8-21-17-4-3-14(20-2)9-15(16)17/h3-5,7,9-10,16,19H,6,8,11H2,1-2H3. The second-order valence-electron chi connectivity index (χ2n) is 5.28. The maximum absolute atomic E-state index is 5.72. The van der Waals surface area contributed by atoms with E-state index in [4.69, 9.17) is 9.47 Å². The van der Waals surface area contributed by atoms with Crippen LogP contribution in [0.25, 0.3) is 0 Å². The Bertz CT molecular complexity index is 628. The Balaban J connectivity index is 1.77. The minimum atomic E-state index is 0.281. The number of rotatable bonds is 4. The van der Waals surface area contributed by atoms with Crippen LogP contribution in [0.5, 0.6) is 11.5 Å². The zero-order valence-electron chi connectivity index (χ0n) is 12.4. The second-order valence-corrected chi connectivity index (χ2v) is 5.28. The fourth-order valence-corrected chi connectivity index (χ4v) is 2.63.